The largest absolute Gasteiger partial charge is 0.376 e. The van der Waals surface area contributed by atoms with E-state index in [0.29, 0.717) is 12.4 Å². The predicted octanol–water partition coefficient (Wildman–Crippen LogP) is 1.66. The van der Waals surface area contributed by atoms with Crippen molar-refractivity contribution in [3.05, 3.63) is 18.1 Å². The molecule has 0 spiro atoms. The highest BCUT2D eigenvalue weighted by atomic mass is 16.5. The summed E-state index contributed by atoms with van der Waals surface area (Å²) in [6.07, 6.45) is 6.12. The van der Waals surface area contributed by atoms with Crippen LogP contribution in [0.15, 0.2) is 12.3 Å². The first-order chi connectivity index (χ1) is 10.2. The van der Waals surface area contributed by atoms with Crippen LogP contribution in [0.2, 0.25) is 0 Å². The van der Waals surface area contributed by atoms with Gasteiger partial charge in [-0.2, -0.15) is 0 Å². The summed E-state index contributed by atoms with van der Waals surface area (Å²) < 4.78 is 10.8. The van der Waals surface area contributed by atoms with Gasteiger partial charge in [-0.3, -0.25) is 4.79 Å². The molecule has 1 aromatic rings. The maximum atomic E-state index is 11.8. The van der Waals surface area contributed by atoms with Crippen molar-refractivity contribution in [3.63, 3.8) is 0 Å². The van der Waals surface area contributed by atoms with E-state index < -0.39 is 0 Å². The van der Waals surface area contributed by atoms with Crippen LogP contribution >= 0.6 is 0 Å². The third-order valence-electron chi connectivity index (χ3n) is 4.02. The number of hydrogen-bond donors (Lipinski definition) is 1. The van der Waals surface area contributed by atoms with E-state index >= 15 is 0 Å². The van der Waals surface area contributed by atoms with Crippen LogP contribution in [-0.4, -0.2) is 41.8 Å². The van der Waals surface area contributed by atoms with E-state index in [9.17, 15) is 4.79 Å². The van der Waals surface area contributed by atoms with E-state index in [1.807, 2.05) is 0 Å². The molecule has 3 rings (SSSR count). The van der Waals surface area contributed by atoms with Crippen LogP contribution < -0.4 is 5.32 Å². The van der Waals surface area contributed by atoms with Gasteiger partial charge in [0, 0.05) is 18.2 Å². The molecule has 1 aromatic heterocycles. The molecule has 1 saturated heterocycles. The van der Waals surface area contributed by atoms with Crippen LogP contribution in [0.4, 0.5) is 5.82 Å². The Morgan fingerprint density at radius 3 is 3.14 bits per heavy atom. The molecule has 6 nitrogen and oxygen atoms in total. The molecule has 6 heteroatoms. The number of amides is 1. The van der Waals surface area contributed by atoms with Gasteiger partial charge in [-0.05, 0) is 31.7 Å². The van der Waals surface area contributed by atoms with E-state index in [1.54, 1.807) is 12.3 Å². The van der Waals surface area contributed by atoms with Gasteiger partial charge in [-0.15, -0.1) is 0 Å². The topological polar surface area (TPSA) is 73.3 Å². The lowest BCUT2D eigenvalue weighted by Gasteiger charge is -2.11. The van der Waals surface area contributed by atoms with E-state index in [-0.39, 0.29) is 24.0 Å². The van der Waals surface area contributed by atoms with Crippen molar-refractivity contribution >= 4 is 11.7 Å². The first-order valence-corrected chi connectivity index (χ1v) is 7.48. The molecule has 2 fully saturated rings. The van der Waals surface area contributed by atoms with Gasteiger partial charge in [0.1, 0.15) is 18.2 Å². The number of anilines is 1. The smallest absolute Gasteiger partial charge is 0.251 e. The van der Waals surface area contributed by atoms with Crippen molar-refractivity contribution < 1.29 is 14.3 Å². The van der Waals surface area contributed by atoms with Gasteiger partial charge in [0.2, 0.25) is 0 Å². The molecule has 1 amide bonds. The van der Waals surface area contributed by atoms with Gasteiger partial charge < -0.3 is 14.8 Å². The highest BCUT2D eigenvalue weighted by Gasteiger charge is 2.42. The van der Waals surface area contributed by atoms with Gasteiger partial charge in [-0.1, -0.05) is 6.92 Å². The summed E-state index contributed by atoms with van der Waals surface area (Å²) in [5, 5.41) is 2.75. The number of nitrogens with one attached hydrogen (secondary N) is 1. The number of nitrogens with zero attached hydrogens (tertiary/aromatic N) is 2. The van der Waals surface area contributed by atoms with Crippen molar-refractivity contribution in [2.75, 3.05) is 25.1 Å². The first kappa shape index (κ1) is 14.4. The second-order valence-electron chi connectivity index (χ2n) is 6.02. The molecule has 1 saturated carbocycles. The van der Waals surface area contributed by atoms with E-state index in [0.717, 1.165) is 38.1 Å². The molecular formula is C15H21N3O3. The SMILES string of the molecule is CC1(c2nccc(NC(=O)COCC3CCCO3)n2)CC1. The summed E-state index contributed by atoms with van der Waals surface area (Å²) in [6.45, 7) is 3.43. The average Bonchev–Trinajstić information content (AvgIpc) is 3.01. The normalized spacial score (nSPS) is 23.0. The molecule has 1 N–H and O–H groups in total. The lowest BCUT2D eigenvalue weighted by atomic mass is 10.1. The lowest BCUT2D eigenvalue weighted by Crippen LogP contribution is -2.23. The monoisotopic (exact) mass is 291 g/mol. The Kier molecular flexibility index (Phi) is 4.17. The van der Waals surface area contributed by atoms with Crippen LogP contribution in [0.5, 0.6) is 0 Å². The van der Waals surface area contributed by atoms with Gasteiger partial charge >= 0.3 is 0 Å². The lowest BCUT2D eigenvalue weighted by molar-refractivity contribution is -0.121. The average molecular weight is 291 g/mol. The molecule has 21 heavy (non-hydrogen) atoms. The van der Waals surface area contributed by atoms with E-state index in [4.69, 9.17) is 9.47 Å². The van der Waals surface area contributed by atoms with Crippen LogP contribution in [0.25, 0.3) is 0 Å². The van der Waals surface area contributed by atoms with Crippen molar-refractivity contribution in [2.45, 2.75) is 44.1 Å². The minimum Gasteiger partial charge on any atom is -0.376 e. The Bertz CT molecular complexity index is 511. The van der Waals surface area contributed by atoms with Crippen LogP contribution in [-0.2, 0) is 19.7 Å². The van der Waals surface area contributed by atoms with Crippen molar-refractivity contribution in [1.82, 2.24) is 9.97 Å². The van der Waals surface area contributed by atoms with Gasteiger partial charge in [-0.25, -0.2) is 9.97 Å². The quantitative estimate of drug-likeness (QED) is 0.863. The molecule has 2 aliphatic rings. The maximum Gasteiger partial charge on any atom is 0.251 e. The maximum absolute atomic E-state index is 11.8. The van der Waals surface area contributed by atoms with Gasteiger partial charge in [0.15, 0.2) is 0 Å². The van der Waals surface area contributed by atoms with E-state index in [2.05, 4.69) is 22.2 Å². The zero-order valence-electron chi connectivity index (χ0n) is 12.3. The number of ether oxygens (including phenoxy) is 2. The minimum absolute atomic E-state index is 0.0243. The molecule has 1 aliphatic carbocycles. The summed E-state index contributed by atoms with van der Waals surface area (Å²) in [4.78, 5) is 20.5. The Morgan fingerprint density at radius 1 is 1.57 bits per heavy atom. The van der Waals surface area contributed by atoms with E-state index in [1.165, 1.54) is 0 Å². The molecule has 0 bridgehead atoms. The Morgan fingerprint density at radius 2 is 2.43 bits per heavy atom. The Labute approximate surface area is 124 Å². The first-order valence-electron chi connectivity index (χ1n) is 7.48. The Balaban J connectivity index is 1.45. The molecule has 2 heterocycles. The minimum atomic E-state index is -0.196. The third kappa shape index (κ3) is 3.77. The summed E-state index contributed by atoms with van der Waals surface area (Å²) in [6, 6.07) is 1.70. The number of aromatic nitrogens is 2. The fourth-order valence-electron chi connectivity index (χ4n) is 2.37. The van der Waals surface area contributed by atoms with Gasteiger partial charge in [0.25, 0.3) is 5.91 Å². The number of hydrogen-bond acceptors (Lipinski definition) is 5. The molecule has 1 atom stereocenters. The Hall–Kier alpha value is -1.53. The van der Waals surface area contributed by atoms with Gasteiger partial charge in [0.05, 0.1) is 12.7 Å². The third-order valence-corrected chi connectivity index (χ3v) is 4.02. The van der Waals surface area contributed by atoms with Crippen molar-refractivity contribution in [1.29, 1.82) is 0 Å². The standard InChI is InChI=1S/C15H21N3O3/c1-15(5-6-15)14-16-7-4-12(18-14)17-13(19)10-20-9-11-3-2-8-21-11/h4,7,11H,2-3,5-6,8-10H2,1H3,(H,16,17,18,19). The summed E-state index contributed by atoms with van der Waals surface area (Å²) in [5.41, 5.74) is 0.0943. The molecule has 114 valence electrons. The fraction of sp³-hybridized carbons (Fsp3) is 0.667. The zero-order chi connectivity index (χ0) is 14.7. The van der Waals surface area contributed by atoms with Crippen LogP contribution in [0, 0.1) is 0 Å². The molecular weight excluding hydrogens is 270 g/mol. The zero-order valence-corrected chi connectivity index (χ0v) is 12.3. The summed E-state index contributed by atoms with van der Waals surface area (Å²) in [7, 11) is 0. The van der Waals surface area contributed by atoms with Crippen molar-refractivity contribution in [2.24, 2.45) is 0 Å². The number of rotatable bonds is 6. The highest BCUT2D eigenvalue weighted by Crippen LogP contribution is 2.45. The fourth-order valence-corrected chi connectivity index (χ4v) is 2.37. The predicted molar refractivity (Wildman–Crippen MR) is 77.0 cm³/mol. The van der Waals surface area contributed by atoms with Crippen LogP contribution in [0.1, 0.15) is 38.4 Å². The number of carbonyl (C=O) groups is 1. The van der Waals surface area contributed by atoms with Crippen LogP contribution in [0.3, 0.4) is 0 Å². The molecule has 0 radical (unpaired) electrons. The number of carbonyl (C=O) groups excluding carboxylic acids is 1. The summed E-state index contributed by atoms with van der Waals surface area (Å²) >= 11 is 0. The molecule has 1 aliphatic heterocycles. The highest BCUT2D eigenvalue weighted by molar-refractivity contribution is 5.90. The summed E-state index contributed by atoms with van der Waals surface area (Å²) in [5.74, 6) is 1.15. The molecule has 1 unspecified atom stereocenters. The molecule has 0 aromatic carbocycles. The second kappa shape index (κ2) is 6.07. The van der Waals surface area contributed by atoms with Crippen molar-refractivity contribution in [3.8, 4) is 0 Å². The second-order valence-corrected chi connectivity index (χ2v) is 6.02.